The first-order valence-corrected chi connectivity index (χ1v) is 20.8. The summed E-state index contributed by atoms with van der Waals surface area (Å²) in [6, 6.07) is -0.393. The SMILES string of the molecule is C/C=C/C[C@H]1NC(=O)C[C@@H]1OC(=O)OCOC(=O)CCC(=O)OCCOCCOC(=O)CCC(=O)OCC(=O)[C@@]1(O)CCC2C3CCC4=CC(=O)C=C[C@]4(C)C3[C@@H](O)C[C@@]21C. The number of nitrogens with one attached hydrogen (secondary N) is 1. The van der Waals surface area contributed by atoms with Crippen LogP contribution < -0.4 is 5.32 Å². The molecule has 18 heteroatoms. The fourth-order valence-electron chi connectivity index (χ4n) is 9.88. The van der Waals surface area contributed by atoms with E-state index in [1.807, 2.05) is 32.9 Å². The minimum Gasteiger partial charge on any atom is -0.463 e. The lowest BCUT2D eigenvalue weighted by molar-refractivity contribution is -0.181. The number of Topliss-reactive ketones (excluding diaryl/α,β-unsaturated/α-hetero) is 1. The van der Waals surface area contributed by atoms with E-state index in [1.54, 1.807) is 18.2 Å². The third-order valence-corrected chi connectivity index (χ3v) is 13.0. The molecule has 5 aliphatic rings. The topological polar surface area (TPSA) is 254 Å². The van der Waals surface area contributed by atoms with Gasteiger partial charge < -0.3 is 48.7 Å². The van der Waals surface area contributed by atoms with Gasteiger partial charge in [0.1, 0.15) is 24.9 Å². The summed E-state index contributed by atoms with van der Waals surface area (Å²) in [7, 11) is 0. The summed E-state index contributed by atoms with van der Waals surface area (Å²) in [5.41, 5.74) is -2.23. The van der Waals surface area contributed by atoms with Crippen LogP contribution in [0.3, 0.4) is 0 Å². The summed E-state index contributed by atoms with van der Waals surface area (Å²) in [5, 5.41) is 26.1. The number of allylic oxidation sites excluding steroid dienone is 5. The Balaban J connectivity index is 0.885. The zero-order valence-electron chi connectivity index (χ0n) is 34.9. The molecular weight excluding hydrogens is 802 g/mol. The molecular formula is C43H57NO17. The number of carbonyl (C=O) groups is 8. The Morgan fingerprint density at radius 2 is 1.51 bits per heavy atom. The maximum Gasteiger partial charge on any atom is 0.511 e. The Morgan fingerprint density at radius 3 is 2.16 bits per heavy atom. The van der Waals surface area contributed by atoms with Crippen LogP contribution in [-0.2, 0) is 66.7 Å². The monoisotopic (exact) mass is 859 g/mol. The van der Waals surface area contributed by atoms with E-state index in [-0.39, 0.29) is 101 Å². The highest BCUT2D eigenvalue weighted by Gasteiger charge is 2.68. The molecule has 0 bridgehead atoms. The lowest BCUT2D eigenvalue weighted by Gasteiger charge is -2.59. The standard InChI is InChI=1S/C43H57NO17/c1-4-5-6-30-32(22-34(48)44-30)61-40(53)60-25-59-38(52)12-10-36(50)57-20-18-55-17-19-56-35(49)9-11-37(51)58-24-33(47)43(54)16-14-29-28-8-7-26-21-27(45)13-15-41(26,2)39(28)31(46)23-42(29,43)3/h4-5,13,15,21,28-32,39,46,54H,6-12,14,16-20,22-25H2,1-3H3,(H,44,48)/b5-4+/t28?,29?,30-,31+,32+,39?,41+,42+,43+/m1/s1. The molecule has 3 unspecified atom stereocenters. The second-order valence-corrected chi connectivity index (χ2v) is 16.6. The van der Waals surface area contributed by atoms with Crippen molar-refractivity contribution in [2.45, 2.75) is 115 Å². The van der Waals surface area contributed by atoms with Crippen molar-refractivity contribution < 1.29 is 81.7 Å². The van der Waals surface area contributed by atoms with Crippen LogP contribution in [0, 0.1) is 28.6 Å². The number of carbonyl (C=O) groups excluding carboxylic acids is 8. The minimum absolute atomic E-state index is 0.0142. The van der Waals surface area contributed by atoms with Gasteiger partial charge in [0.25, 0.3) is 0 Å². The maximum atomic E-state index is 13.5. The zero-order valence-corrected chi connectivity index (χ0v) is 34.9. The summed E-state index contributed by atoms with van der Waals surface area (Å²) in [4.78, 5) is 97.5. The highest BCUT2D eigenvalue weighted by Crippen LogP contribution is 2.67. The van der Waals surface area contributed by atoms with Crippen LogP contribution in [0.15, 0.2) is 36.0 Å². The summed E-state index contributed by atoms with van der Waals surface area (Å²) in [5.74, 6) is -4.23. The number of aliphatic hydroxyl groups excluding tert-OH is 1. The van der Waals surface area contributed by atoms with Crippen LogP contribution in [-0.4, -0.2) is 121 Å². The number of fused-ring (bicyclic) bond motifs is 5. The number of aliphatic hydroxyl groups is 2. The van der Waals surface area contributed by atoms with Crippen LogP contribution in [0.25, 0.3) is 0 Å². The molecule has 3 N–H and O–H groups in total. The van der Waals surface area contributed by atoms with Crippen LogP contribution in [0.2, 0.25) is 0 Å². The molecule has 0 spiro atoms. The van der Waals surface area contributed by atoms with Crippen molar-refractivity contribution in [1.82, 2.24) is 5.32 Å². The van der Waals surface area contributed by atoms with E-state index in [9.17, 15) is 48.6 Å². The molecule has 0 aromatic rings. The zero-order chi connectivity index (χ0) is 44.4. The van der Waals surface area contributed by atoms with E-state index in [0.717, 1.165) is 12.0 Å². The van der Waals surface area contributed by atoms with Gasteiger partial charge >= 0.3 is 30.0 Å². The largest absolute Gasteiger partial charge is 0.511 e. The van der Waals surface area contributed by atoms with Crippen molar-refractivity contribution in [3.63, 3.8) is 0 Å². The fourth-order valence-corrected chi connectivity index (χ4v) is 9.88. The van der Waals surface area contributed by atoms with E-state index >= 15 is 0 Å². The van der Waals surface area contributed by atoms with Crippen molar-refractivity contribution in [2.75, 3.05) is 39.8 Å². The normalized spacial score (nSPS) is 31.2. The molecule has 1 aliphatic heterocycles. The van der Waals surface area contributed by atoms with E-state index in [1.165, 1.54) is 0 Å². The number of ether oxygens (including phenoxy) is 7. The van der Waals surface area contributed by atoms with Crippen molar-refractivity contribution in [3.05, 3.63) is 36.0 Å². The summed E-state index contributed by atoms with van der Waals surface area (Å²) >= 11 is 0. The molecule has 1 amide bonds. The molecule has 1 saturated heterocycles. The molecule has 336 valence electrons. The van der Waals surface area contributed by atoms with Gasteiger partial charge in [0.2, 0.25) is 18.5 Å². The molecule has 5 rings (SSSR count). The minimum atomic E-state index is -1.81. The maximum absolute atomic E-state index is 13.5. The highest BCUT2D eigenvalue weighted by atomic mass is 16.8. The van der Waals surface area contributed by atoms with E-state index in [2.05, 4.69) is 5.32 Å². The van der Waals surface area contributed by atoms with Gasteiger partial charge in [0.05, 0.1) is 57.5 Å². The smallest absolute Gasteiger partial charge is 0.463 e. The number of amides is 1. The first kappa shape index (κ1) is 47.1. The number of hydrogen-bond donors (Lipinski definition) is 3. The van der Waals surface area contributed by atoms with Gasteiger partial charge in [-0.3, -0.25) is 33.6 Å². The van der Waals surface area contributed by atoms with E-state index < -0.39 is 83.9 Å². The fraction of sp³-hybridized carbons (Fsp3) is 0.674. The summed E-state index contributed by atoms with van der Waals surface area (Å²) in [6.07, 6.45) is 7.54. The Kier molecular flexibility index (Phi) is 16.0. The van der Waals surface area contributed by atoms with Crippen molar-refractivity contribution >= 4 is 47.5 Å². The Hall–Kier alpha value is -4.94. The van der Waals surface area contributed by atoms with Crippen LogP contribution in [0.1, 0.15) is 91.4 Å². The Labute approximate surface area is 353 Å². The highest BCUT2D eigenvalue weighted by molar-refractivity contribution is 6.01. The Morgan fingerprint density at radius 1 is 0.869 bits per heavy atom. The van der Waals surface area contributed by atoms with Crippen molar-refractivity contribution in [3.8, 4) is 0 Å². The molecule has 4 fully saturated rings. The average molecular weight is 860 g/mol. The lowest BCUT2D eigenvalue weighted by Crippen LogP contribution is -2.61. The van der Waals surface area contributed by atoms with Crippen molar-refractivity contribution in [1.29, 1.82) is 0 Å². The van der Waals surface area contributed by atoms with Gasteiger partial charge in [-0.05, 0) is 69.4 Å². The second-order valence-electron chi connectivity index (χ2n) is 16.6. The molecule has 1 heterocycles. The molecule has 0 aromatic carbocycles. The molecule has 4 aliphatic carbocycles. The number of esters is 4. The molecule has 9 atom stereocenters. The van der Waals surface area contributed by atoms with Crippen LogP contribution in [0.4, 0.5) is 4.79 Å². The third-order valence-electron chi connectivity index (χ3n) is 13.0. The first-order chi connectivity index (χ1) is 29.0. The molecule has 61 heavy (non-hydrogen) atoms. The summed E-state index contributed by atoms with van der Waals surface area (Å²) < 4.78 is 35.1. The van der Waals surface area contributed by atoms with Gasteiger partial charge in [-0.15, -0.1) is 0 Å². The second kappa shape index (κ2) is 20.8. The molecule has 3 saturated carbocycles. The van der Waals surface area contributed by atoms with Gasteiger partial charge in [0, 0.05) is 16.7 Å². The summed E-state index contributed by atoms with van der Waals surface area (Å²) in [6.45, 7) is 3.90. The van der Waals surface area contributed by atoms with Crippen molar-refractivity contribution in [2.24, 2.45) is 28.6 Å². The third kappa shape index (κ3) is 11.3. The molecule has 0 radical (unpaired) electrons. The van der Waals surface area contributed by atoms with Crippen LogP contribution in [0.5, 0.6) is 0 Å². The predicted octanol–water partition coefficient (Wildman–Crippen LogP) is 2.65. The number of rotatable bonds is 20. The Bertz CT molecular complexity index is 1790. The van der Waals surface area contributed by atoms with Gasteiger partial charge in [-0.1, -0.05) is 37.6 Å². The number of ketones is 2. The first-order valence-electron chi connectivity index (χ1n) is 20.8. The van der Waals surface area contributed by atoms with E-state index in [4.69, 9.17) is 33.2 Å². The predicted molar refractivity (Wildman–Crippen MR) is 208 cm³/mol. The van der Waals surface area contributed by atoms with E-state index in [0.29, 0.717) is 19.3 Å². The van der Waals surface area contributed by atoms with Gasteiger partial charge in [-0.25, -0.2) is 4.79 Å². The lowest BCUT2D eigenvalue weighted by atomic mass is 9.46. The quantitative estimate of drug-likeness (QED) is 0.0523. The van der Waals surface area contributed by atoms with Crippen LogP contribution >= 0.6 is 0 Å². The van der Waals surface area contributed by atoms with Gasteiger partial charge in [-0.2, -0.15) is 0 Å². The molecule has 0 aromatic heterocycles. The average Bonchev–Trinajstić information content (AvgIpc) is 3.70. The number of hydrogen-bond acceptors (Lipinski definition) is 17. The van der Waals surface area contributed by atoms with Gasteiger partial charge in [0.15, 0.2) is 12.4 Å². The molecule has 18 nitrogen and oxygen atoms in total.